The lowest BCUT2D eigenvalue weighted by molar-refractivity contribution is 0.450. The maximum Gasteiger partial charge on any atom is 0.198 e. The maximum absolute atomic E-state index is 5.38. The van der Waals surface area contributed by atoms with Crippen molar-refractivity contribution in [2.75, 3.05) is 12.4 Å². The highest BCUT2D eigenvalue weighted by molar-refractivity contribution is 5.97. The Morgan fingerprint density at radius 1 is 1.11 bits per heavy atom. The molecule has 0 amide bonds. The maximum atomic E-state index is 5.38. The van der Waals surface area contributed by atoms with Crippen LogP contribution in [-0.4, -0.2) is 22.4 Å². The third kappa shape index (κ3) is 1.52. The van der Waals surface area contributed by atoms with E-state index in [1.807, 2.05) is 37.3 Å². The molecule has 5 heteroatoms. The summed E-state index contributed by atoms with van der Waals surface area (Å²) in [7, 11) is 1.80. The van der Waals surface area contributed by atoms with Crippen molar-refractivity contribution in [1.29, 1.82) is 0 Å². The van der Waals surface area contributed by atoms with Crippen LogP contribution in [0.15, 0.2) is 34.9 Å². The predicted molar refractivity (Wildman–Crippen MR) is 69.3 cm³/mol. The zero-order valence-electron chi connectivity index (χ0n) is 10.1. The number of rotatable bonds is 2. The Bertz CT molecular complexity index is 691. The van der Waals surface area contributed by atoms with Crippen molar-refractivity contribution in [3.05, 3.63) is 36.0 Å². The third-order valence-corrected chi connectivity index (χ3v) is 2.85. The first-order chi connectivity index (χ1) is 8.81. The van der Waals surface area contributed by atoms with Gasteiger partial charge in [0.05, 0.1) is 11.1 Å². The fourth-order valence-corrected chi connectivity index (χ4v) is 1.97. The molecule has 0 aliphatic heterocycles. The van der Waals surface area contributed by atoms with E-state index in [4.69, 9.17) is 4.52 Å². The number of nitrogens with one attached hydrogen (secondary N) is 1. The molecule has 0 bridgehead atoms. The Morgan fingerprint density at radius 3 is 2.61 bits per heavy atom. The highest BCUT2D eigenvalue weighted by Gasteiger charge is 2.17. The van der Waals surface area contributed by atoms with Crippen LogP contribution in [0, 0.1) is 6.92 Å². The molecule has 0 spiro atoms. The van der Waals surface area contributed by atoms with Gasteiger partial charge in [-0.05, 0) is 6.92 Å². The van der Waals surface area contributed by atoms with E-state index in [9.17, 15) is 0 Å². The van der Waals surface area contributed by atoms with Gasteiger partial charge in [-0.15, -0.1) is 10.2 Å². The van der Waals surface area contributed by atoms with Crippen molar-refractivity contribution in [3.8, 4) is 11.3 Å². The summed E-state index contributed by atoms with van der Waals surface area (Å²) in [5, 5.41) is 16.3. The quantitative estimate of drug-likeness (QED) is 0.746. The molecule has 0 unspecified atom stereocenters. The van der Waals surface area contributed by atoms with E-state index in [0.29, 0.717) is 17.1 Å². The van der Waals surface area contributed by atoms with E-state index in [2.05, 4.69) is 20.7 Å². The van der Waals surface area contributed by atoms with Gasteiger partial charge in [0.1, 0.15) is 5.69 Å². The van der Waals surface area contributed by atoms with Crippen LogP contribution in [0.5, 0.6) is 0 Å². The number of hydrogen-bond donors (Lipinski definition) is 1. The number of nitrogens with zero attached hydrogens (tertiary/aromatic N) is 3. The van der Waals surface area contributed by atoms with E-state index < -0.39 is 0 Å². The molecule has 18 heavy (non-hydrogen) atoms. The molecule has 1 aromatic carbocycles. The van der Waals surface area contributed by atoms with Gasteiger partial charge in [0, 0.05) is 12.6 Å². The van der Waals surface area contributed by atoms with Gasteiger partial charge in [-0.1, -0.05) is 35.5 Å². The van der Waals surface area contributed by atoms with Gasteiger partial charge in [-0.25, -0.2) is 0 Å². The Hall–Kier alpha value is -2.43. The number of aryl methyl sites for hydroxylation is 1. The standard InChI is InChI=1S/C13H12N4O/c1-8-10-12(18-17-8)11(15-16-13(10)14-2)9-6-4-3-5-7-9/h3-7H,1-2H3,(H,14,16). The van der Waals surface area contributed by atoms with Crippen LogP contribution in [0.2, 0.25) is 0 Å². The zero-order valence-corrected chi connectivity index (χ0v) is 10.1. The van der Waals surface area contributed by atoms with Crippen LogP contribution in [0.25, 0.3) is 22.2 Å². The van der Waals surface area contributed by atoms with Gasteiger partial charge in [0.2, 0.25) is 0 Å². The SMILES string of the molecule is CNc1nnc(-c2ccccc2)c2onc(C)c12. The second kappa shape index (κ2) is 4.10. The van der Waals surface area contributed by atoms with Gasteiger partial charge in [-0.2, -0.15) is 0 Å². The number of benzene rings is 1. The lowest BCUT2D eigenvalue weighted by Crippen LogP contribution is -1.97. The summed E-state index contributed by atoms with van der Waals surface area (Å²) in [5.74, 6) is 0.684. The number of aromatic nitrogens is 3. The molecule has 0 saturated heterocycles. The van der Waals surface area contributed by atoms with E-state index in [0.717, 1.165) is 16.6 Å². The minimum absolute atomic E-state index is 0.665. The van der Waals surface area contributed by atoms with Gasteiger partial charge < -0.3 is 9.84 Å². The molecule has 0 fully saturated rings. The first-order valence-electron chi connectivity index (χ1n) is 5.67. The number of fused-ring (bicyclic) bond motifs is 1. The summed E-state index contributed by atoms with van der Waals surface area (Å²) in [5.41, 5.74) is 3.15. The molecule has 2 aromatic heterocycles. The highest BCUT2D eigenvalue weighted by Crippen LogP contribution is 2.31. The second-order valence-corrected chi connectivity index (χ2v) is 3.99. The van der Waals surface area contributed by atoms with Crippen LogP contribution in [0.3, 0.4) is 0 Å². The summed E-state index contributed by atoms with van der Waals surface area (Å²) in [6.45, 7) is 1.89. The molecule has 3 rings (SSSR count). The van der Waals surface area contributed by atoms with Crippen LogP contribution < -0.4 is 5.32 Å². The third-order valence-electron chi connectivity index (χ3n) is 2.85. The highest BCUT2D eigenvalue weighted by atomic mass is 16.5. The first-order valence-corrected chi connectivity index (χ1v) is 5.67. The minimum Gasteiger partial charge on any atom is -0.371 e. The summed E-state index contributed by atoms with van der Waals surface area (Å²) >= 11 is 0. The lowest BCUT2D eigenvalue weighted by atomic mass is 10.1. The summed E-state index contributed by atoms with van der Waals surface area (Å²) in [6, 6.07) is 9.82. The largest absolute Gasteiger partial charge is 0.371 e. The van der Waals surface area contributed by atoms with Gasteiger partial charge in [0.25, 0.3) is 0 Å². The van der Waals surface area contributed by atoms with Crippen molar-refractivity contribution in [2.24, 2.45) is 0 Å². The van der Waals surface area contributed by atoms with Crippen molar-refractivity contribution in [3.63, 3.8) is 0 Å². The molecule has 2 heterocycles. The molecule has 3 aromatic rings. The average Bonchev–Trinajstić information content (AvgIpc) is 2.81. The fourth-order valence-electron chi connectivity index (χ4n) is 1.97. The smallest absolute Gasteiger partial charge is 0.198 e. The van der Waals surface area contributed by atoms with Crippen LogP contribution in [-0.2, 0) is 0 Å². The van der Waals surface area contributed by atoms with E-state index in [1.165, 1.54) is 0 Å². The number of anilines is 1. The van der Waals surface area contributed by atoms with Crippen molar-refractivity contribution >= 4 is 16.8 Å². The van der Waals surface area contributed by atoms with Gasteiger partial charge in [0.15, 0.2) is 11.4 Å². The average molecular weight is 240 g/mol. The van der Waals surface area contributed by atoms with Gasteiger partial charge >= 0.3 is 0 Å². The normalized spacial score (nSPS) is 10.8. The first kappa shape index (κ1) is 10.7. The molecule has 0 saturated carbocycles. The molecule has 0 aliphatic carbocycles. The molecule has 0 radical (unpaired) electrons. The Balaban J connectivity index is 2.33. The fraction of sp³-hybridized carbons (Fsp3) is 0.154. The summed E-state index contributed by atoms with van der Waals surface area (Å²) < 4.78 is 5.38. The number of hydrogen-bond acceptors (Lipinski definition) is 5. The molecule has 1 N–H and O–H groups in total. The molecular formula is C13H12N4O. The van der Waals surface area contributed by atoms with Crippen LogP contribution in [0.1, 0.15) is 5.69 Å². The monoisotopic (exact) mass is 240 g/mol. The topological polar surface area (TPSA) is 63.8 Å². The summed E-state index contributed by atoms with van der Waals surface area (Å²) in [4.78, 5) is 0. The Kier molecular flexibility index (Phi) is 2.44. The molecule has 0 aliphatic rings. The lowest BCUT2D eigenvalue weighted by Gasteiger charge is -2.03. The Labute approximate surface area is 104 Å². The predicted octanol–water partition coefficient (Wildman–Crippen LogP) is 2.63. The molecular weight excluding hydrogens is 228 g/mol. The van der Waals surface area contributed by atoms with E-state index in [1.54, 1.807) is 7.05 Å². The molecule has 90 valence electrons. The minimum atomic E-state index is 0.665. The van der Waals surface area contributed by atoms with Crippen LogP contribution >= 0.6 is 0 Å². The zero-order chi connectivity index (χ0) is 12.5. The molecule has 5 nitrogen and oxygen atoms in total. The van der Waals surface area contributed by atoms with E-state index in [-0.39, 0.29) is 0 Å². The van der Waals surface area contributed by atoms with E-state index >= 15 is 0 Å². The molecule has 0 atom stereocenters. The van der Waals surface area contributed by atoms with Crippen molar-refractivity contribution < 1.29 is 4.52 Å². The van der Waals surface area contributed by atoms with Crippen LogP contribution in [0.4, 0.5) is 5.82 Å². The van der Waals surface area contributed by atoms with Gasteiger partial charge in [-0.3, -0.25) is 0 Å². The second-order valence-electron chi connectivity index (χ2n) is 3.99. The van der Waals surface area contributed by atoms with Crippen molar-refractivity contribution in [2.45, 2.75) is 6.92 Å². The Morgan fingerprint density at radius 2 is 1.89 bits per heavy atom. The van der Waals surface area contributed by atoms with Crippen molar-refractivity contribution in [1.82, 2.24) is 15.4 Å². The summed E-state index contributed by atoms with van der Waals surface area (Å²) in [6.07, 6.45) is 0.